The molecule has 3 aromatic rings. The minimum atomic E-state index is -0.291. The van der Waals surface area contributed by atoms with E-state index in [0.29, 0.717) is 16.5 Å². The second-order valence-corrected chi connectivity index (χ2v) is 5.99. The van der Waals surface area contributed by atoms with E-state index >= 15 is 0 Å². The van der Waals surface area contributed by atoms with Gasteiger partial charge in [-0.25, -0.2) is 9.48 Å². The lowest BCUT2D eigenvalue weighted by atomic mass is 10.3. The van der Waals surface area contributed by atoms with E-state index < -0.39 is 0 Å². The van der Waals surface area contributed by atoms with Gasteiger partial charge < -0.3 is 4.74 Å². The molecule has 4 nitrogen and oxygen atoms in total. The number of ether oxygens (including phenoxy) is 1. The predicted molar refractivity (Wildman–Crippen MR) is 84.7 cm³/mol. The second-order valence-electron chi connectivity index (χ2n) is 4.52. The molecule has 0 spiro atoms. The zero-order valence-corrected chi connectivity index (χ0v) is 13.2. The van der Waals surface area contributed by atoms with Crippen LogP contribution in [-0.2, 0) is 4.74 Å². The van der Waals surface area contributed by atoms with Crippen LogP contribution < -0.4 is 0 Å². The number of nitrogens with zero attached hydrogens (tertiary/aromatic N) is 2. The van der Waals surface area contributed by atoms with Crippen molar-refractivity contribution in [2.45, 2.75) is 13.8 Å². The van der Waals surface area contributed by atoms with Gasteiger partial charge in [0.15, 0.2) is 0 Å². The van der Waals surface area contributed by atoms with Gasteiger partial charge in [0.05, 0.1) is 18.0 Å². The molecule has 2 aromatic heterocycles. The quantitative estimate of drug-likeness (QED) is 0.678. The third-order valence-corrected chi connectivity index (χ3v) is 4.44. The number of carbonyl (C=O) groups excluding carboxylic acids is 1. The highest BCUT2D eigenvalue weighted by molar-refractivity contribution is 7.20. The average molecular weight is 321 g/mol. The highest BCUT2D eigenvalue weighted by atomic mass is 35.5. The number of halogens is 1. The van der Waals surface area contributed by atoms with Crippen molar-refractivity contribution in [2.24, 2.45) is 0 Å². The van der Waals surface area contributed by atoms with Gasteiger partial charge in [-0.05, 0) is 44.2 Å². The molecular formula is C15H13ClN2O2S. The third kappa shape index (κ3) is 2.54. The predicted octanol–water partition coefficient (Wildman–Crippen LogP) is 4.23. The Hall–Kier alpha value is -1.85. The fraction of sp³-hybridized carbons (Fsp3) is 0.200. The molecule has 0 amide bonds. The van der Waals surface area contributed by atoms with Gasteiger partial charge in [-0.3, -0.25) is 0 Å². The average Bonchev–Trinajstić information content (AvgIpc) is 3.01. The van der Waals surface area contributed by atoms with E-state index in [2.05, 4.69) is 5.10 Å². The van der Waals surface area contributed by atoms with Crippen LogP contribution in [0.5, 0.6) is 0 Å². The Morgan fingerprint density at radius 3 is 2.76 bits per heavy atom. The lowest BCUT2D eigenvalue weighted by Crippen LogP contribution is -2.01. The Bertz CT molecular complexity index is 805. The van der Waals surface area contributed by atoms with Gasteiger partial charge in [-0.2, -0.15) is 5.10 Å². The maximum Gasteiger partial charge on any atom is 0.348 e. The van der Waals surface area contributed by atoms with E-state index in [4.69, 9.17) is 16.3 Å². The summed E-state index contributed by atoms with van der Waals surface area (Å²) in [6.07, 6.45) is 0. The van der Waals surface area contributed by atoms with Crippen LogP contribution in [0.1, 0.15) is 22.3 Å². The number of esters is 1. The molecule has 0 unspecified atom stereocenters. The van der Waals surface area contributed by atoms with Crippen molar-refractivity contribution in [2.75, 3.05) is 6.61 Å². The van der Waals surface area contributed by atoms with Crippen molar-refractivity contribution in [1.29, 1.82) is 0 Å². The number of benzene rings is 1. The van der Waals surface area contributed by atoms with Gasteiger partial charge in [0.1, 0.15) is 9.71 Å². The van der Waals surface area contributed by atoms with Crippen LogP contribution in [0, 0.1) is 6.92 Å². The summed E-state index contributed by atoms with van der Waals surface area (Å²) in [4.78, 5) is 13.4. The molecule has 2 heterocycles. The summed E-state index contributed by atoms with van der Waals surface area (Å²) >= 11 is 7.30. The summed E-state index contributed by atoms with van der Waals surface area (Å²) in [5.41, 5.74) is 1.79. The largest absolute Gasteiger partial charge is 0.462 e. The van der Waals surface area contributed by atoms with E-state index in [-0.39, 0.29) is 5.97 Å². The monoisotopic (exact) mass is 320 g/mol. The Morgan fingerprint density at radius 2 is 2.10 bits per heavy atom. The van der Waals surface area contributed by atoms with Gasteiger partial charge in [0.25, 0.3) is 0 Å². The number of hydrogen-bond acceptors (Lipinski definition) is 4. The van der Waals surface area contributed by atoms with Crippen LogP contribution in [0.25, 0.3) is 15.9 Å². The van der Waals surface area contributed by atoms with E-state index in [9.17, 15) is 4.79 Å². The summed E-state index contributed by atoms with van der Waals surface area (Å²) in [6.45, 7) is 4.09. The van der Waals surface area contributed by atoms with Gasteiger partial charge in [0.2, 0.25) is 0 Å². The molecule has 6 heteroatoms. The van der Waals surface area contributed by atoms with E-state index in [0.717, 1.165) is 21.6 Å². The first kappa shape index (κ1) is 14.1. The standard InChI is InChI=1S/C15H13ClN2O2S/c1-3-20-15(19)13-8-12-9(2)17-18(14(12)21-13)11-6-4-10(16)5-7-11/h4-8H,3H2,1-2H3. The molecule has 21 heavy (non-hydrogen) atoms. The van der Waals surface area contributed by atoms with Crippen LogP contribution in [0.4, 0.5) is 0 Å². The van der Waals surface area contributed by atoms with Gasteiger partial charge in [-0.1, -0.05) is 11.6 Å². The van der Waals surface area contributed by atoms with Crippen molar-refractivity contribution >= 4 is 39.1 Å². The molecule has 0 aliphatic carbocycles. The van der Waals surface area contributed by atoms with Crippen LogP contribution in [0.15, 0.2) is 30.3 Å². The Kier molecular flexibility index (Phi) is 3.69. The molecule has 108 valence electrons. The van der Waals surface area contributed by atoms with Crippen LogP contribution in [0.2, 0.25) is 5.02 Å². The minimum absolute atomic E-state index is 0.291. The molecule has 0 fully saturated rings. The Morgan fingerprint density at radius 1 is 1.38 bits per heavy atom. The highest BCUT2D eigenvalue weighted by Crippen LogP contribution is 2.31. The molecule has 3 rings (SSSR count). The smallest absolute Gasteiger partial charge is 0.348 e. The number of aryl methyl sites for hydroxylation is 1. The van der Waals surface area contributed by atoms with Crippen molar-refractivity contribution in [3.63, 3.8) is 0 Å². The number of thiophene rings is 1. The molecule has 0 atom stereocenters. The molecule has 0 aliphatic heterocycles. The Balaban J connectivity index is 2.11. The maximum absolute atomic E-state index is 11.9. The summed E-state index contributed by atoms with van der Waals surface area (Å²) in [6, 6.07) is 9.28. The van der Waals surface area contributed by atoms with Crippen molar-refractivity contribution in [1.82, 2.24) is 9.78 Å². The van der Waals surface area contributed by atoms with Crippen molar-refractivity contribution in [3.8, 4) is 5.69 Å². The second kappa shape index (κ2) is 5.50. The maximum atomic E-state index is 11.9. The van der Waals surface area contributed by atoms with E-state index in [1.54, 1.807) is 6.92 Å². The molecule has 0 saturated heterocycles. The van der Waals surface area contributed by atoms with Crippen LogP contribution in [0.3, 0.4) is 0 Å². The number of carbonyl (C=O) groups is 1. The summed E-state index contributed by atoms with van der Waals surface area (Å²) in [7, 11) is 0. The van der Waals surface area contributed by atoms with Crippen molar-refractivity contribution < 1.29 is 9.53 Å². The van der Waals surface area contributed by atoms with Gasteiger partial charge in [0, 0.05) is 10.4 Å². The van der Waals surface area contributed by atoms with E-state index in [1.165, 1.54) is 11.3 Å². The number of rotatable bonds is 3. The normalized spacial score (nSPS) is 11.0. The molecule has 0 N–H and O–H groups in total. The lowest BCUT2D eigenvalue weighted by Gasteiger charge is -2.02. The zero-order valence-electron chi connectivity index (χ0n) is 11.6. The molecule has 1 aromatic carbocycles. The fourth-order valence-corrected chi connectivity index (χ4v) is 3.31. The molecule has 0 aliphatic rings. The zero-order chi connectivity index (χ0) is 15.0. The van der Waals surface area contributed by atoms with Crippen LogP contribution in [-0.4, -0.2) is 22.4 Å². The topological polar surface area (TPSA) is 44.1 Å². The Labute approximate surface area is 130 Å². The SMILES string of the molecule is CCOC(=O)c1cc2c(C)nn(-c3ccc(Cl)cc3)c2s1. The first-order chi connectivity index (χ1) is 10.1. The van der Waals surface area contributed by atoms with E-state index in [1.807, 2.05) is 41.9 Å². The number of fused-ring (bicyclic) bond motifs is 1. The highest BCUT2D eigenvalue weighted by Gasteiger charge is 2.17. The lowest BCUT2D eigenvalue weighted by molar-refractivity contribution is 0.0532. The summed E-state index contributed by atoms with van der Waals surface area (Å²) in [5, 5.41) is 6.18. The fourth-order valence-electron chi connectivity index (χ4n) is 2.11. The molecule has 0 bridgehead atoms. The first-order valence-corrected chi connectivity index (χ1v) is 7.72. The summed E-state index contributed by atoms with van der Waals surface area (Å²) in [5.74, 6) is -0.291. The van der Waals surface area contributed by atoms with Gasteiger partial charge >= 0.3 is 5.97 Å². The van der Waals surface area contributed by atoms with Crippen LogP contribution >= 0.6 is 22.9 Å². The number of hydrogen-bond donors (Lipinski definition) is 0. The molecular weight excluding hydrogens is 308 g/mol. The first-order valence-electron chi connectivity index (χ1n) is 6.52. The van der Waals surface area contributed by atoms with Crippen molar-refractivity contribution in [3.05, 3.63) is 45.9 Å². The van der Waals surface area contributed by atoms with Gasteiger partial charge in [-0.15, -0.1) is 11.3 Å². The third-order valence-electron chi connectivity index (χ3n) is 3.09. The molecule has 0 radical (unpaired) electrons. The minimum Gasteiger partial charge on any atom is -0.462 e. The summed E-state index contributed by atoms with van der Waals surface area (Å²) < 4.78 is 6.88. The molecule has 0 saturated carbocycles. The number of aromatic nitrogens is 2.